The zero-order valence-corrected chi connectivity index (χ0v) is 14.4. The van der Waals surface area contributed by atoms with E-state index in [2.05, 4.69) is 41.5 Å². The molecule has 0 saturated heterocycles. The van der Waals surface area contributed by atoms with Crippen LogP contribution in [0.4, 0.5) is 0 Å². The van der Waals surface area contributed by atoms with Crippen molar-refractivity contribution in [1.82, 2.24) is 10.3 Å². The molecular weight excluding hydrogens is 296 g/mol. The van der Waals surface area contributed by atoms with Crippen LogP contribution in [-0.2, 0) is 4.79 Å². The minimum Gasteiger partial charge on any atom is -0.350 e. The number of nitrogens with zero attached hydrogens (tertiary/aromatic N) is 1. The van der Waals surface area contributed by atoms with Crippen molar-refractivity contribution in [2.45, 2.75) is 51.5 Å². The van der Waals surface area contributed by atoms with Crippen LogP contribution in [0.2, 0.25) is 0 Å². The molecule has 1 saturated carbocycles. The van der Waals surface area contributed by atoms with Crippen LogP contribution in [0, 0.1) is 5.92 Å². The van der Waals surface area contributed by atoms with Gasteiger partial charge < -0.3 is 5.32 Å². The molecular formula is C21H26N2O. The first-order chi connectivity index (χ1) is 11.7. The number of hydrogen-bond donors (Lipinski definition) is 1. The number of aromatic nitrogens is 1. The molecule has 1 amide bonds. The SMILES string of the molecule is CC(NC(=O)CC1CCCCC1)c1cccc(-c2cccnc2)c1. The van der Waals surface area contributed by atoms with Gasteiger partial charge >= 0.3 is 0 Å². The number of rotatable bonds is 5. The number of hydrogen-bond acceptors (Lipinski definition) is 2. The molecule has 0 aliphatic heterocycles. The average molecular weight is 322 g/mol. The predicted octanol–water partition coefficient (Wildman–Crippen LogP) is 4.90. The van der Waals surface area contributed by atoms with E-state index in [0.29, 0.717) is 12.3 Å². The largest absolute Gasteiger partial charge is 0.350 e. The van der Waals surface area contributed by atoms with Crippen molar-refractivity contribution < 1.29 is 4.79 Å². The van der Waals surface area contributed by atoms with Crippen LogP contribution in [0.1, 0.15) is 57.1 Å². The van der Waals surface area contributed by atoms with Gasteiger partial charge in [0.15, 0.2) is 0 Å². The van der Waals surface area contributed by atoms with Crippen molar-refractivity contribution in [1.29, 1.82) is 0 Å². The van der Waals surface area contributed by atoms with Crippen molar-refractivity contribution in [3.8, 4) is 11.1 Å². The van der Waals surface area contributed by atoms with Crippen molar-refractivity contribution in [2.75, 3.05) is 0 Å². The summed E-state index contributed by atoms with van der Waals surface area (Å²) in [5.41, 5.74) is 3.36. The first kappa shape index (κ1) is 16.7. The van der Waals surface area contributed by atoms with Crippen LogP contribution >= 0.6 is 0 Å². The fourth-order valence-corrected chi connectivity index (χ4v) is 3.56. The molecule has 3 heteroatoms. The van der Waals surface area contributed by atoms with E-state index >= 15 is 0 Å². The number of nitrogens with one attached hydrogen (secondary N) is 1. The first-order valence-electron chi connectivity index (χ1n) is 9.02. The molecule has 3 rings (SSSR count). The molecule has 0 radical (unpaired) electrons. The molecule has 0 bridgehead atoms. The van der Waals surface area contributed by atoms with Crippen LogP contribution in [0.25, 0.3) is 11.1 Å². The molecule has 1 heterocycles. The van der Waals surface area contributed by atoms with Crippen molar-refractivity contribution in [3.05, 3.63) is 54.4 Å². The highest BCUT2D eigenvalue weighted by atomic mass is 16.1. The minimum atomic E-state index is 0.0257. The molecule has 1 fully saturated rings. The normalized spacial score (nSPS) is 16.5. The summed E-state index contributed by atoms with van der Waals surface area (Å²) >= 11 is 0. The molecule has 2 aromatic rings. The summed E-state index contributed by atoms with van der Waals surface area (Å²) in [6.45, 7) is 2.06. The monoisotopic (exact) mass is 322 g/mol. The summed E-state index contributed by atoms with van der Waals surface area (Å²) in [5, 5.41) is 3.17. The second-order valence-electron chi connectivity index (χ2n) is 6.86. The Bertz CT molecular complexity index is 663. The van der Waals surface area contributed by atoms with Crippen molar-refractivity contribution in [2.24, 2.45) is 5.92 Å². The molecule has 1 unspecified atom stereocenters. The van der Waals surface area contributed by atoms with Gasteiger partial charge in [0, 0.05) is 18.8 Å². The summed E-state index contributed by atoms with van der Waals surface area (Å²) in [6.07, 6.45) is 10.6. The van der Waals surface area contributed by atoms with Crippen molar-refractivity contribution >= 4 is 5.91 Å². The second kappa shape index (κ2) is 8.09. The zero-order chi connectivity index (χ0) is 16.8. The highest BCUT2D eigenvalue weighted by molar-refractivity contribution is 5.76. The van der Waals surface area contributed by atoms with Gasteiger partial charge in [-0.25, -0.2) is 0 Å². The lowest BCUT2D eigenvalue weighted by atomic mass is 9.87. The van der Waals surface area contributed by atoms with E-state index in [0.717, 1.165) is 16.7 Å². The van der Waals surface area contributed by atoms with Gasteiger partial charge in [0.25, 0.3) is 0 Å². The number of carbonyl (C=O) groups excluding carboxylic acids is 1. The molecule has 1 aliphatic rings. The highest BCUT2D eigenvalue weighted by Crippen LogP contribution is 2.27. The van der Waals surface area contributed by atoms with E-state index in [1.165, 1.54) is 32.1 Å². The number of pyridine rings is 1. The number of benzene rings is 1. The summed E-state index contributed by atoms with van der Waals surface area (Å²) in [7, 11) is 0. The van der Waals surface area contributed by atoms with Gasteiger partial charge in [-0.2, -0.15) is 0 Å². The van der Waals surface area contributed by atoms with Crippen molar-refractivity contribution in [3.63, 3.8) is 0 Å². The zero-order valence-electron chi connectivity index (χ0n) is 14.4. The molecule has 1 N–H and O–H groups in total. The van der Waals surface area contributed by atoms with Gasteiger partial charge in [-0.05, 0) is 54.5 Å². The van der Waals surface area contributed by atoms with E-state index in [1.54, 1.807) is 6.20 Å². The third-order valence-electron chi connectivity index (χ3n) is 4.96. The summed E-state index contributed by atoms with van der Waals surface area (Å²) < 4.78 is 0. The topological polar surface area (TPSA) is 42.0 Å². The van der Waals surface area contributed by atoms with E-state index in [9.17, 15) is 4.79 Å². The van der Waals surface area contributed by atoms with Crippen LogP contribution in [0.3, 0.4) is 0 Å². The molecule has 1 aromatic heterocycles. The van der Waals surface area contributed by atoms with E-state index in [1.807, 2.05) is 18.3 Å². The van der Waals surface area contributed by atoms with E-state index in [-0.39, 0.29) is 11.9 Å². The molecule has 126 valence electrons. The van der Waals surface area contributed by atoms with E-state index in [4.69, 9.17) is 0 Å². The smallest absolute Gasteiger partial charge is 0.220 e. The first-order valence-corrected chi connectivity index (χ1v) is 9.02. The van der Waals surface area contributed by atoms with Gasteiger partial charge in [-0.1, -0.05) is 43.5 Å². The third kappa shape index (κ3) is 4.44. The van der Waals surface area contributed by atoms with Crippen LogP contribution in [-0.4, -0.2) is 10.9 Å². The Kier molecular flexibility index (Phi) is 5.63. The van der Waals surface area contributed by atoms with Gasteiger partial charge in [0.1, 0.15) is 0 Å². The lowest BCUT2D eigenvalue weighted by Gasteiger charge is -2.22. The summed E-state index contributed by atoms with van der Waals surface area (Å²) in [4.78, 5) is 16.5. The molecule has 0 spiro atoms. The van der Waals surface area contributed by atoms with Gasteiger partial charge in [0.2, 0.25) is 5.91 Å². The van der Waals surface area contributed by atoms with Gasteiger partial charge in [0.05, 0.1) is 6.04 Å². The molecule has 1 aromatic carbocycles. The van der Waals surface area contributed by atoms with Crippen LogP contribution in [0.5, 0.6) is 0 Å². The summed E-state index contributed by atoms with van der Waals surface area (Å²) in [5.74, 6) is 0.758. The molecule has 24 heavy (non-hydrogen) atoms. The number of carbonyl (C=O) groups is 1. The molecule has 1 atom stereocenters. The van der Waals surface area contributed by atoms with Crippen LogP contribution in [0.15, 0.2) is 48.8 Å². The maximum Gasteiger partial charge on any atom is 0.220 e. The molecule has 1 aliphatic carbocycles. The summed E-state index contributed by atoms with van der Waals surface area (Å²) in [6, 6.07) is 12.4. The quantitative estimate of drug-likeness (QED) is 0.851. The van der Waals surface area contributed by atoms with E-state index < -0.39 is 0 Å². The Hall–Kier alpha value is -2.16. The Morgan fingerprint density at radius 2 is 1.96 bits per heavy atom. The maximum atomic E-state index is 12.3. The Morgan fingerprint density at radius 1 is 1.17 bits per heavy atom. The molecule has 3 nitrogen and oxygen atoms in total. The Labute approximate surface area is 144 Å². The maximum absolute atomic E-state index is 12.3. The third-order valence-corrected chi connectivity index (χ3v) is 4.96. The number of amides is 1. The highest BCUT2D eigenvalue weighted by Gasteiger charge is 2.18. The fraction of sp³-hybridized carbons (Fsp3) is 0.429. The van der Waals surface area contributed by atoms with Gasteiger partial charge in [-0.3, -0.25) is 9.78 Å². The lowest BCUT2D eigenvalue weighted by Crippen LogP contribution is -2.28. The average Bonchev–Trinajstić information content (AvgIpc) is 2.63. The van der Waals surface area contributed by atoms with Crippen LogP contribution < -0.4 is 5.32 Å². The predicted molar refractivity (Wildman–Crippen MR) is 97.4 cm³/mol. The second-order valence-corrected chi connectivity index (χ2v) is 6.86. The lowest BCUT2D eigenvalue weighted by molar-refractivity contribution is -0.122. The fourth-order valence-electron chi connectivity index (χ4n) is 3.56. The minimum absolute atomic E-state index is 0.0257. The Balaban J connectivity index is 1.62. The Morgan fingerprint density at radius 3 is 2.71 bits per heavy atom. The van der Waals surface area contributed by atoms with Gasteiger partial charge in [-0.15, -0.1) is 0 Å². The standard InChI is InChI=1S/C21H26N2O/c1-16(23-21(24)13-17-7-3-2-4-8-17)18-9-5-10-19(14-18)20-11-6-12-22-15-20/h5-6,9-12,14-17H,2-4,7-8,13H2,1H3,(H,23,24).